The van der Waals surface area contributed by atoms with E-state index in [1.807, 2.05) is 54.6 Å². The number of halogens is 2. The van der Waals surface area contributed by atoms with Gasteiger partial charge in [-0.25, -0.2) is 4.45 Å². The van der Waals surface area contributed by atoms with Gasteiger partial charge < -0.3 is 4.74 Å². The summed E-state index contributed by atoms with van der Waals surface area (Å²) in [6.07, 6.45) is 1.72. The van der Waals surface area contributed by atoms with Gasteiger partial charge >= 0.3 is 0 Å². The Hall–Kier alpha value is -1.43. The molecule has 7 heteroatoms. The minimum Gasteiger partial charge on any atom is -0.457 e. The molecule has 1 aromatic heterocycles. The summed E-state index contributed by atoms with van der Waals surface area (Å²) in [6, 6.07) is 16.8. The second kappa shape index (κ2) is 7.43. The predicted octanol–water partition coefficient (Wildman–Crippen LogP) is 5.15. The summed E-state index contributed by atoms with van der Waals surface area (Å²) in [5, 5.41) is 4.35. The standard InChI is InChI=1S/C16H11ClIN2O2P/c17-14-10-19-20(23-18)16(21)15(14)11-6-8-13(9-7-11)22-12-4-2-1-3-5-12/h1-10,23H. The number of rotatable bonds is 4. The SMILES string of the molecule is O=c1c(-c2ccc(Oc3ccccc3)cc2)c(Cl)cnn1PI. The number of ether oxygens (including phenoxy) is 1. The molecule has 0 fully saturated rings. The van der Waals surface area contributed by atoms with E-state index in [9.17, 15) is 4.79 Å². The second-order valence-electron chi connectivity index (χ2n) is 4.61. The molecule has 0 aliphatic heterocycles. The molecule has 23 heavy (non-hydrogen) atoms. The van der Waals surface area contributed by atoms with Crippen LogP contribution in [0.15, 0.2) is 65.6 Å². The first kappa shape index (κ1) is 16.4. The minimum absolute atomic E-state index is 0.193. The smallest absolute Gasteiger partial charge is 0.279 e. The van der Waals surface area contributed by atoms with Crippen LogP contribution in [0.2, 0.25) is 5.02 Å². The highest BCUT2D eigenvalue weighted by atomic mass is 127. The molecule has 116 valence electrons. The van der Waals surface area contributed by atoms with Crippen molar-refractivity contribution in [3.8, 4) is 22.6 Å². The molecule has 0 radical (unpaired) electrons. The Balaban J connectivity index is 1.93. The molecule has 0 bridgehead atoms. The summed E-state index contributed by atoms with van der Waals surface area (Å²) in [6.45, 7) is 0. The zero-order valence-electron chi connectivity index (χ0n) is 11.7. The van der Waals surface area contributed by atoms with Crippen molar-refractivity contribution in [2.75, 3.05) is 0 Å². The van der Waals surface area contributed by atoms with Crippen molar-refractivity contribution < 1.29 is 4.74 Å². The molecule has 3 aromatic rings. The highest BCUT2D eigenvalue weighted by Gasteiger charge is 2.12. The Morgan fingerprint density at radius 2 is 1.70 bits per heavy atom. The van der Waals surface area contributed by atoms with Crippen molar-refractivity contribution in [3.63, 3.8) is 0 Å². The topological polar surface area (TPSA) is 44.1 Å². The van der Waals surface area contributed by atoms with Crippen LogP contribution in [0.3, 0.4) is 0 Å². The van der Waals surface area contributed by atoms with Crippen LogP contribution in [0.5, 0.6) is 11.5 Å². The van der Waals surface area contributed by atoms with Gasteiger partial charge in [0, 0.05) is 0 Å². The van der Waals surface area contributed by atoms with Crippen LogP contribution >= 0.6 is 40.0 Å². The van der Waals surface area contributed by atoms with Crippen molar-refractivity contribution in [2.45, 2.75) is 0 Å². The number of para-hydroxylation sites is 1. The fraction of sp³-hybridized carbons (Fsp3) is 0. The van der Waals surface area contributed by atoms with Crippen molar-refractivity contribution in [3.05, 3.63) is 76.2 Å². The Kier molecular flexibility index (Phi) is 5.30. The van der Waals surface area contributed by atoms with Gasteiger partial charge in [0.25, 0.3) is 5.56 Å². The molecule has 0 aliphatic carbocycles. The number of hydrogen-bond acceptors (Lipinski definition) is 3. The van der Waals surface area contributed by atoms with Crippen LogP contribution < -0.4 is 10.3 Å². The van der Waals surface area contributed by atoms with Gasteiger partial charge in [-0.2, -0.15) is 5.10 Å². The Bertz CT molecular complexity index is 869. The molecular formula is C16H11ClIN2O2P. The van der Waals surface area contributed by atoms with Gasteiger partial charge in [-0.05, 0) is 51.9 Å². The number of aromatic nitrogens is 2. The van der Waals surface area contributed by atoms with E-state index in [0.717, 1.165) is 11.3 Å². The van der Waals surface area contributed by atoms with Gasteiger partial charge in [0.1, 0.15) is 11.5 Å². The fourth-order valence-corrected chi connectivity index (χ4v) is 3.62. The van der Waals surface area contributed by atoms with E-state index >= 15 is 0 Å². The Labute approximate surface area is 152 Å². The normalized spacial score (nSPS) is 11.0. The molecule has 3 rings (SSSR count). The molecule has 4 nitrogen and oxygen atoms in total. The average molecular weight is 457 g/mol. The first-order valence-corrected chi connectivity index (χ1v) is 11.1. The molecule has 0 spiro atoms. The van der Waals surface area contributed by atoms with Gasteiger partial charge in [-0.3, -0.25) is 4.79 Å². The summed E-state index contributed by atoms with van der Waals surface area (Å²) in [5.41, 5.74) is 1.00. The lowest BCUT2D eigenvalue weighted by molar-refractivity contribution is 0.483. The zero-order valence-corrected chi connectivity index (χ0v) is 15.7. The number of nitrogens with zero attached hydrogens (tertiary/aromatic N) is 2. The van der Waals surface area contributed by atoms with E-state index in [4.69, 9.17) is 16.3 Å². The van der Waals surface area contributed by atoms with Crippen molar-refractivity contribution in [1.29, 1.82) is 0 Å². The van der Waals surface area contributed by atoms with Crippen LogP contribution in [-0.2, 0) is 0 Å². The largest absolute Gasteiger partial charge is 0.457 e. The monoisotopic (exact) mass is 456 g/mol. The summed E-state index contributed by atoms with van der Waals surface area (Å²) in [5.74, 6) is 1.46. The van der Waals surface area contributed by atoms with E-state index in [2.05, 4.69) is 27.1 Å². The maximum absolute atomic E-state index is 12.4. The molecule has 1 unspecified atom stereocenters. The second-order valence-corrected chi connectivity index (χ2v) is 7.06. The minimum atomic E-state index is -0.193. The lowest BCUT2D eigenvalue weighted by Gasteiger charge is -2.08. The lowest BCUT2D eigenvalue weighted by Crippen LogP contribution is -2.18. The molecule has 2 aromatic carbocycles. The van der Waals surface area contributed by atoms with Crippen LogP contribution in [0.4, 0.5) is 0 Å². The molecule has 0 amide bonds. The lowest BCUT2D eigenvalue weighted by atomic mass is 10.1. The third kappa shape index (κ3) is 3.74. The summed E-state index contributed by atoms with van der Waals surface area (Å²) >= 11 is 8.27. The zero-order chi connectivity index (χ0) is 16.2. The predicted molar refractivity (Wildman–Crippen MR) is 103 cm³/mol. The van der Waals surface area contributed by atoms with Gasteiger partial charge in [0.2, 0.25) is 0 Å². The molecule has 0 N–H and O–H groups in total. The highest BCUT2D eigenvalue weighted by Crippen LogP contribution is 2.29. The molecule has 0 saturated heterocycles. The van der Waals surface area contributed by atoms with Crippen molar-refractivity contribution in [2.24, 2.45) is 0 Å². The van der Waals surface area contributed by atoms with Crippen molar-refractivity contribution in [1.82, 2.24) is 9.55 Å². The highest BCUT2D eigenvalue weighted by molar-refractivity contribution is 14.2. The van der Waals surface area contributed by atoms with E-state index in [0.29, 0.717) is 16.3 Å². The quantitative estimate of drug-likeness (QED) is 0.403. The molecule has 1 heterocycles. The third-order valence-corrected chi connectivity index (χ3v) is 5.27. The van der Waals surface area contributed by atoms with Crippen LogP contribution in [0.1, 0.15) is 0 Å². The van der Waals surface area contributed by atoms with Crippen LogP contribution in [-0.4, -0.2) is 9.55 Å². The maximum atomic E-state index is 12.4. The summed E-state index contributed by atoms with van der Waals surface area (Å²) in [7, 11) is 0. The van der Waals surface area contributed by atoms with Crippen LogP contribution in [0.25, 0.3) is 11.1 Å². The van der Waals surface area contributed by atoms with Gasteiger partial charge in [-0.1, -0.05) is 41.9 Å². The number of hydrogen-bond donors (Lipinski definition) is 0. The fourth-order valence-electron chi connectivity index (χ4n) is 2.07. The first-order valence-electron chi connectivity index (χ1n) is 6.67. The van der Waals surface area contributed by atoms with Gasteiger partial charge in [0.15, 0.2) is 0 Å². The Morgan fingerprint density at radius 1 is 1.04 bits per heavy atom. The van der Waals surface area contributed by atoms with Crippen LogP contribution in [0, 0.1) is 0 Å². The van der Waals surface area contributed by atoms with E-state index in [1.54, 1.807) is 0 Å². The average Bonchev–Trinajstić information content (AvgIpc) is 2.57. The maximum Gasteiger partial charge on any atom is 0.279 e. The van der Waals surface area contributed by atoms with E-state index in [1.165, 1.54) is 10.6 Å². The third-order valence-electron chi connectivity index (χ3n) is 3.13. The van der Waals surface area contributed by atoms with Crippen molar-refractivity contribution >= 4 is 40.0 Å². The number of benzene rings is 2. The summed E-state index contributed by atoms with van der Waals surface area (Å²) < 4.78 is 7.15. The molecule has 0 aliphatic rings. The molecule has 1 atom stereocenters. The van der Waals surface area contributed by atoms with E-state index < -0.39 is 0 Å². The van der Waals surface area contributed by atoms with E-state index in [-0.39, 0.29) is 11.9 Å². The first-order chi connectivity index (χ1) is 11.2. The molecule has 0 saturated carbocycles. The Morgan fingerprint density at radius 3 is 2.35 bits per heavy atom. The van der Waals surface area contributed by atoms with Gasteiger partial charge in [0.05, 0.1) is 23.2 Å². The summed E-state index contributed by atoms with van der Waals surface area (Å²) in [4.78, 5) is 12.4. The molecular weight excluding hydrogens is 446 g/mol. The van der Waals surface area contributed by atoms with Gasteiger partial charge in [-0.15, -0.1) is 0 Å².